The molecule has 0 saturated heterocycles. The predicted octanol–water partition coefficient (Wildman–Crippen LogP) is 3.65. The SMILES string of the molecule is I.NC(=NCC1CC1c1ccccc1)NC1CCCCC1. The van der Waals surface area contributed by atoms with E-state index in [0.717, 1.165) is 6.54 Å². The Morgan fingerprint density at radius 2 is 1.86 bits per heavy atom. The Bertz CT molecular complexity index is 454. The van der Waals surface area contributed by atoms with Gasteiger partial charge in [0.05, 0.1) is 0 Å². The largest absolute Gasteiger partial charge is 0.370 e. The van der Waals surface area contributed by atoms with Gasteiger partial charge in [-0.05, 0) is 36.7 Å². The van der Waals surface area contributed by atoms with E-state index in [1.165, 1.54) is 44.1 Å². The highest BCUT2D eigenvalue weighted by Gasteiger charge is 2.37. The van der Waals surface area contributed by atoms with Gasteiger partial charge in [0.15, 0.2) is 5.96 Å². The van der Waals surface area contributed by atoms with Crippen molar-refractivity contribution < 1.29 is 0 Å². The molecule has 2 unspecified atom stereocenters. The monoisotopic (exact) mass is 399 g/mol. The topological polar surface area (TPSA) is 50.4 Å². The highest BCUT2D eigenvalue weighted by molar-refractivity contribution is 14.0. The summed E-state index contributed by atoms with van der Waals surface area (Å²) in [6, 6.07) is 11.3. The van der Waals surface area contributed by atoms with Crippen LogP contribution in [0.25, 0.3) is 0 Å². The van der Waals surface area contributed by atoms with Crippen molar-refractivity contribution in [2.24, 2.45) is 16.6 Å². The highest BCUT2D eigenvalue weighted by atomic mass is 127. The van der Waals surface area contributed by atoms with Crippen molar-refractivity contribution in [2.45, 2.75) is 50.5 Å². The smallest absolute Gasteiger partial charge is 0.188 e. The molecule has 116 valence electrons. The van der Waals surface area contributed by atoms with Gasteiger partial charge in [-0.1, -0.05) is 49.6 Å². The van der Waals surface area contributed by atoms with Crippen LogP contribution in [0.2, 0.25) is 0 Å². The molecule has 2 aliphatic rings. The van der Waals surface area contributed by atoms with Gasteiger partial charge in [-0.3, -0.25) is 4.99 Å². The number of benzene rings is 1. The Morgan fingerprint density at radius 1 is 1.14 bits per heavy atom. The molecule has 0 heterocycles. The first-order valence-electron chi connectivity index (χ1n) is 7.94. The first-order valence-corrected chi connectivity index (χ1v) is 7.94. The molecule has 0 bridgehead atoms. The van der Waals surface area contributed by atoms with Crippen molar-refractivity contribution in [1.82, 2.24) is 5.32 Å². The van der Waals surface area contributed by atoms with E-state index in [4.69, 9.17) is 5.73 Å². The second-order valence-corrected chi connectivity index (χ2v) is 6.22. The third-order valence-electron chi connectivity index (χ3n) is 4.60. The average molecular weight is 399 g/mol. The number of nitrogens with two attached hydrogens (primary N) is 1. The third kappa shape index (κ3) is 4.87. The van der Waals surface area contributed by atoms with Crippen LogP contribution >= 0.6 is 24.0 Å². The van der Waals surface area contributed by atoms with Gasteiger partial charge in [0, 0.05) is 12.6 Å². The first kappa shape index (κ1) is 16.6. The molecule has 0 aliphatic heterocycles. The molecule has 4 heteroatoms. The zero-order valence-electron chi connectivity index (χ0n) is 12.5. The lowest BCUT2D eigenvalue weighted by molar-refractivity contribution is 0.412. The lowest BCUT2D eigenvalue weighted by Gasteiger charge is -2.23. The van der Waals surface area contributed by atoms with Gasteiger partial charge in [0.25, 0.3) is 0 Å². The second kappa shape index (κ2) is 8.01. The molecule has 3 rings (SSSR count). The van der Waals surface area contributed by atoms with Gasteiger partial charge in [-0.25, -0.2) is 0 Å². The molecule has 3 nitrogen and oxygen atoms in total. The summed E-state index contributed by atoms with van der Waals surface area (Å²) in [6.45, 7) is 0.866. The molecule has 2 fully saturated rings. The Labute approximate surface area is 144 Å². The zero-order chi connectivity index (χ0) is 13.8. The number of nitrogens with one attached hydrogen (secondary N) is 1. The summed E-state index contributed by atoms with van der Waals surface area (Å²) in [6.07, 6.45) is 7.76. The van der Waals surface area contributed by atoms with Crippen LogP contribution in [-0.4, -0.2) is 18.5 Å². The Hall–Kier alpha value is -0.780. The van der Waals surface area contributed by atoms with E-state index >= 15 is 0 Å². The molecule has 3 N–H and O–H groups in total. The molecule has 21 heavy (non-hydrogen) atoms. The van der Waals surface area contributed by atoms with Crippen LogP contribution in [0.1, 0.15) is 50.0 Å². The lowest BCUT2D eigenvalue weighted by atomic mass is 9.96. The molecule has 1 aromatic carbocycles. The fraction of sp³-hybridized carbons (Fsp3) is 0.588. The predicted molar refractivity (Wildman–Crippen MR) is 99.2 cm³/mol. The molecular weight excluding hydrogens is 373 g/mol. The van der Waals surface area contributed by atoms with Gasteiger partial charge in [-0.2, -0.15) is 0 Å². The average Bonchev–Trinajstić information content (AvgIpc) is 3.27. The van der Waals surface area contributed by atoms with Crippen LogP contribution in [0.4, 0.5) is 0 Å². The molecule has 0 spiro atoms. The summed E-state index contributed by atoms with van der Waals surface area (Å²) in [4.78, 5) is 4.54. The van der Waals surface area contributed by atoms with Crippen LogP contribution in [0, 0.1) is 5.92 Å². The van der Waals surface area contributed by atoms with Crippen molar-refractivity contribution in [3.63, 3.8) is 0 Å². The summed E-state index contributed by atoms with van der Waals surface area (Å²) in [5.74, 6) is 2.03. The van der Waals surface area contributed by atoms with Crippen molar-refractivity contribution in [2.75, 3.05) is 6.54 Å². The van der Waals surface area contributed by atoms with Gasteiger partial charge >= 0.3 is 0 Å². The molecule has 2 atom stereocenters. The second-order valence-electron chi connectivity index (χ2n) is 6.22. The normalized spacial score (nSPS) is 26.0. The summed E-state index contributed by atoms with van der Waals surface area (Å²) < 4.78 is 0. The number of guanidine groups is 1. The van der Waals surface area contributed by atoms with E-state index in [2.05, 4.69) is 40.6 Å². The first-order chi connectivity index (χ1) is 9.83. The van der Waals surface area contributed by atoms with Crippen LogP contribution in [0.3, 0.4) is 0 Å². The molecule has 2 saturated carbocycles. The van der Waals surface area contributed by atoms with E-state index in [1.54, 1.807) is 0 Å². The van der Waals surface area contributed by atoms with Crippen LogP contribution in [-0.2, 0) is 0 Å². The number of nitrogens with zero attached hydrogens (tertiary/aromatic N) is 1. The Morgan fingerprint density at radius 3 is 2.57 bits per heavy atom. The van der Waals surface area contributed by atoms with Crippen LogP contribution in [0.5, 0.6) is 0 Å². The maximum Gasteiger partial charge on any atom is 0.188 e. The van der Waals surface area contributed by atoms with Crippen molar-refractivity contribution >= 4 is 29.9 Å². The van der Waals surface area contributed by atoms with Crippen LogP contribution < -0.4 is 11.1 Å². The van der Waals surface area contributed by atoms with Crippen molar-refractivity contribution in [1.29, 1.82) is 0 Å². The summed E-state index contributed by atoms with van der Waals surface area (Å²) in [5.41, 5.74) is 7.45. The van der Waals surface area contributed by atoms with Gasteiger partial charge in [0.1, 0.15) is 0 Å². The Balaban J connectivity index is 0.00000161. The summed E-state index contributed by atoms with van der Waals surface area (Å²) in [5, 5.41) is 3.38. The number of aliphatic imine (C=N–C) groups is 1. The maximum atomic E-state index is 6.00. The number of hydrogen-bond donors (Lipinski definition) is 2. The Kier molecular flexibility index (Phi) is 6.33. The number of halogens is 1. The van der Waals surface area contributed by atoms with Crippen LogP contribution in [0.15, 0.2) is 35.3 Å². The molecule has 0 radical (unpaired) electrons. The molecule has 0 amide bonds. The van der Waals surface area contributed by atoms with Crippen molar-refractivity contribution in [3.8, 4) is 0 Å². The molecule has 1 aromatic rings. The van der Waals surface area contributed by atoms with Gasteiger partial charge in [-0.15, -0.1) is 24.0 Å². The minimum atomic E-state index is 0. The summed E-state index contributed by atoms with van der Waals surface area (Å²) >= 11 is 0. The van der Waals surface area contributed by atoms with E-state index < -0.39 is 0 Å². The molecule has 0 aromatic heterocycles. The minimum absolute atomic E-state index is 0. The fourth-order valence-corrected chi connectivity index (χ4v) is 3.28. The standard InChI is InChI=1S/C17H25N3.HI/c18-17(20-15-9-5-2-6-10-15)19-12-14-11-16(14)13-7-3-1-4-8-13;/h1,3-4,7-8,14-16H,2,5-6,9-12H2,(H3,18,19,20);1H. The number of rotatable bonds is 4. The number of hydrogen-bond acceptors (Lipinski definition) is 1. The van der Waals surface area contributed by atoms with Gasteiger partial charge < -0.3 is 11.1 Å². The van der Waals surface area contributed by atoms with E-state index in [0.29, 0.717) is 23.8 Å². The van der Waals surface area contributed by atoms with E-state index in [-0.39, 0.29) is 24.0 Å². The molecule has 2 aliphatic carbocycles. The quantitative estimate of drug-likeness (QED) is 0.462. The zero-order valence-corrected chi connectivity index (χ0v) is 14.8. The maximum absolute atomic E-state index is 6.00. The van der Waals surface area contributed by atoms with Gasteiger partial charge in [0.2, 0.25) is 0 Å². The lowest BCUT2D eigenvalue weighted by Crippen LogP contribution is -2.41. The third-order valence-corrected chi connectivity index (χ3v) is 4.60. The van der Waals surface area contributed by atoms with Crippen molar-refractivity contribution in [3.05, 3.63) is 35.9 Å². The van der Waals surface area contributed by atoms with E-state index in [9.17, 15) is 0 Å². The summed E-state index contributed by atoms with van der Waals surface area (Å²) in [7, 11) is 0. The fourth-order valence-electron chi connectivity index (χ4n) is 3.28. The minimum Gasteiger partial charge on any atom is -0.370 e. The van der Waals surface area contributed by atoms with E-state index in [1.807, 2.05) is 0 Å². The highest BCUT2D eigenvalue weighted by Crippen LogP contribution is 2.47. The molecular formula is C17H26IN3.